The molecule has 1 aliphatic rings. The molecule has 0 aliphatic carbocycles. The monoisotopic (exact) mass is 685 g/mol. The molecule has 0 bridgehead atoms. The number of aliphatic hydroxyl groups is 1. The highest BCUT2D eigenvalue weighted by Crippen LogP contribution is 2.40. The third-order valence-corrected chi connectivity index (χ3v) is 9.27. The van der Waals surface area contributed by atoms with Crippen LogP contribution >= 0.6 is 11.8 Å². The summed E-state index contributed by atoms with van der Waals surface area (Å²) in [5.41, 5.74) is 7.25. The van der Waals surface area contributed by atoms with Crippen LogP contribution in [0.2, 0.25) is 0 Å². The minimum Gasteiger partial charge on any atom is -0.478 e. The summed E-state index contributed by atoms with van der Waals surface area (Å²) < 4.78 is 12.9. The van der Waals surface area contributed by atoms with Gasteiger partial charge in [-0.2, -0.15) is 0 Å². The van der Waals surface area contributed by atoms with Gasteiger partial charge >= 0.3 is 5.97 Å². The Morgan fingerprint density at radius 2 is 1.57 bits per heavy atom. The zero-order valence-corrected chi connectivity index (χ0v) is 27.6. The predicted octanol–water partition coefficient (Wildman–Crippen LogP) is 5.96. The summed E-state index contributed by atoms with van der Waals surface area (Å²) in [6.45, 7) is 0.323. The molecule has 3 aromatic carbocycles. The van der Waals surface area contributed by atoms with E-state index in [4.69, 9.17) is 14.7 Å². The van der Waals surface area contributed by atoms with Crippen LogP contribution in [0.5, 0.6) is 0 Å². The number of nitrogens with zero attached hydrogens (tertiary/aromatic N) is 1. The maximum Gasteiger partial charge on any atom is 0.338 e. The number of hydrogen-bond acceptors (Lipinski definition) is 9. The molecule has 5 rings (SSSR count). The molecule has 3 atom stereocenters. The number of unbranched alkanes of at least 4 members (excludes halogenated alkanes) is 1. The minimum atomic E-state index is -1.03. The summed E-state index contributed by atoms with van der Waals surface area (Å²) in [7, 11) is 0. The normalized spacial score (nSPS) is 17.3. The van der Waals surface area contributed by atoms with E-state index in [9.17, 15) is 24.6 Å². The summed E-state index contributed by atoms with van der Waals surface area (Å²) in [4.78, 5) is 39.4. The molecule has 256 valence electrons. The molecule has 4 aromatic rings. The lowest BCUT2D eigenvalue weighted by molar-refractivity contribution is -0.245. The third-order valence-electron chi connectivity index (χ3n) is 8.14. The fourth-order valence-corrected chi connectivity index (χ4v) is 6.48. The van der Waals surface area contributed by atoms with E-state index in [1.165, 1.54) is 17.8 Å². The van der Waals surface area contributed by atoms with Gasteiger partial charge in [-0.3, -0.25) is 14.8 Å². The molecule has 5 N–H and O–H groups in total. The summed E-state index contributed by atoms with van der Waals surface area (Å²) in [6, 6.07) is 26.6. The molecule has 0 unspecified atom stereocenters. The second-order valence-corrected chi connectivity index (χ2v) is 12.7. The summed E-state index contributed by atoms with van der Waals surface area (Å²) in [6.07, 6.45) is 2.45. The van der Waals surface area contributed by atoms with Gasteiger partial charge in [0.05, 0.1) is 24.4 Å². The number of nitrogens with one attached hydrogen (secondary N) is 2. The van der Waals surface area contributed by atoms with Gasteiger partial charge in [0, 0.05) is 43.3 Å². The standard InChI is InChI=1S/C37H39N3O8S/c41-22-24-10-12-27(13-11-24)32-20-30(23-49-35-31(36(44)45)7-4-18-38-35)47-37(48-32)28-16-14-26(15-17-28)29-6-3-5-25(19-29)21-39-33(42)8-1-2-9-34(43)40-46/h3-7,10-19,30,32,37,41,46H,1-2,8-9,20-23H2,(H,39,42)(H,40,43)(H,44,45)/t30-,32+,37+/m1/s1. The molecular weight excluding hydrogens is 646 g/mol. The first-order valence-electron chi connectivity index (χ1n) is 16.0. The number of ether oxygens (including phenoxy) is 2. The van der Waals surface area contributed by atoms with Gasteiger partial charge in [0.25, 0.3) is 0 Å². The lowest BCUT2D eigenvalue weighted by atomic mass is 9.99. The molecular formula is C37H39N3O8S. The van der Waals surface area contributed by atoms with Gasteiger partial charge < -0.3 is 25.0 Å². The Morgan fingerprint density at radius 3 is 2.29 bits per heavy atom. The van der Waals surface area contributed by atoms with E-state index in [0.29, 0.717) is 43.0 Å². The molecule has 0 radical (unpaired) electrons. The van der Waals surface area contributed by atoms with Crippen molar-refractivity contribution in [1.82, 2.24) is 15.8 Å². The Morgan fingerprint density at radius 1 is 0.837 bits per heavy atom. The lowest BCUT2D eigenvalue weighted by Crippen LogP contribution is -2.31. The number of carbonyl (C=O) groups is 3. The summed E-state index contributed by atoms with van der Waals surface area (Å²) >= 11 is 1.34. The number of aromatic carboxylic acids is 1. The second-order valence-electron chi connectivity index (χ2n) is 11.7. The van der Waals surface area contributed by atoms with Gasteiger partial charge in [-0.05, 0) is 58.9 Å². The fraction of sp³-hybridized carbons (Fsp3) is 0.297. The van der Waals surface area contributed by atoms with Crippen molar-refractivity contribution >= 4 is 29.5 Å². The van der Waals surface area contributed by atoms with Crippen LogP contribution in [0, 0.1) is 0 Å². The number of aromatic nitrogens is 1. The first kappa shape index (κ1) is 35.7. The van der Waals surface area contributed by atoms with Gasteiger partial charge in [-0.15, -0.1) is 11.8 Å². The number of carboxylic acids is 1. The minimum absolute atomic E-state index is 0.0499. The van der Waals surface area contributed by atoms with E-state index in [-0.39, 0.29) is 36.7 Å². The smallest absolute Gasteiger partial charge is 0.338 e. The predicted molar refractivity (Wildman–Crippen MR) is 182 cm³/mol. The van der Waals surface area contributed by atoms with Crippen LogP contribution in [0.4, 0.5) is 0 Å². The first-order valence-corrected chi connectivity index (χ1v) is 17.0. The molecule has 12 heteroatoms. The number of hydroxylamine groups is 1. The molecule has 2 heterocycles. The third kappa shape index (κ3) is 10.2. The SMILES string of the molecule is O=C(CCCCC(=O)NCc1cccc(-c2ccc([C@H]3O[C@@H](CSc4ncccc4C(=O)O)C[C@@H](c4ccc(CO)cc4)O3)cc2)c1)NO. The lowest BCUT2D eigenvalue weighted by Gasteiger charge is -2.36. The maximum absolute atomic E-state index is 12.3. The van der Waals surface area contributed by atoms with Gasteiger partial charge in [0.2, 0.25) is 11.8 Å². The number of pyridine rings is 1. The topological polar surface area (TPSA) is 167 Å². The molecule has 11 nitrogen and oxygen atoms in total. The number of aliphatic hydroxyl groups excluding tert-OH is 1. The Hall–Kier alpha value is -4.59. The van der Waals surface area contributed by atoms with Crippen molar-refractivity contribution < 1.29 is 39.3 Å². The van der Waals surface area contributed by atoms with Crippen molar-refractivity contribution in [2.75, 3.05) is 5.75 Å². The van der Waals surface area contributed by atoms with Crippen molar-refractivity contribution in [3.8, 4) is 11.1 Å². The summed E-state index contributed by atoms with van der Waals surface area (Å²) in [5.74, 6) is -1.12. The van der Waals surface area contributed by atoms with Crippen LogP contribution in [-0.2, 0) is 32.2 Å². The highest BCUT2D eigenvalue weighted by molar-refractivity contribution is 7.99. The Bertz CT molecular complexity index is 1720. The molecule has 49 heavy (non-hydrogen) atoms. The highest BCUT2D eigenvalue weighted by Gasteiger charge is 2.32. The largest absolute Gasteiger partial charge is 0.478 e. The van der Waals surface area contributed by atoms with Gasteiger partial charge in [-0.1, -0.05) is 66.7 Å². The van der Waals surface area contributed by atoms with E-state index in [1.807, 2.05) is 72.8 Å². The molecule has 1 aromatic heterocycles. The number of benzene rings is 3. The van der Waals surface area contributed by atoms with Crippen molar-refractivity contribution in [3.63, 3.8) is 0 Å². The number of amides is 2. The van der Waals surface area contributed by atoms with Crippen LogP contribution in [-0.4, -0.2) is 50.0 Å². The van der Waals surface area contributed by atoms with Crippen LogP contribution in [0.3, 0.4) is 0 Å². The second kappa shape index (κ2) is 17.7. The van der Waals surface area contributed by atoms with Crippen molar-refractivity contribution in [1.29, 1.82) is 0 Å². The average Bonchev–Trinajstić information content (AvgIpc) is 3.15. The van der Waals surface area contributed by atoms with Crippen molar-refractivity contribution in [2.24, 2.45) is 0 Å². The maximum atomic E-state index is 12.3. The zero-order valence-electron chi connectivity index (χ0n) is 26.8. The Labute approximate surface area is 288 Å². The number of carbonyl (C=O) groups excluding carboxylic acids is 2. The van der Waals surface area contributed by atoms with Gasteiger partial charge in [-0.25, -0.2) is 15.3 Å². The van der Waals surface area contributed by atoms with Crippen LogP contribution in [0.25, 0.3) is 11.1 Å². The first-order chi connectivity index (χ1) is 23.8. The molecule has 1 fully saturated rings. The molecule has 0 spiro atoms. The van der Waals surface area contributed by atoms with E-state index >= 15 is 0 Å². The quantitative estimate of drug-likeness (QED) is 0.0436. The van der Waals surface area contributed by atoms with Crippen LogP contribution in [0.1, 0.15) is 77.1 Å². The zero-order chi connectivity index (χ0) is 34.6. The Kier molecular flexibility index (Phi) is 12.9. The highest BCUT2D eigenvalue weighted by atomic mass is 32.2. The molecule has 2 amide bonds. The molecule has 1 saturated heterocycles. The molecule has 1 aliphatic heterocycles. The number of hydrogen-bond donors (Lipinski definition) is 5. The van der Waals surface area contributed by atoms with E-state index in [2.05, 4.69) is 10.3 Å². The van der Waals surface area contributed by atoms with Gasteiger partial charge in [0.15, 0.2) is 6.29 Å². The fourth-order valence-electron chi connectivity index (χ4n) is 5.47. The van der Waals surface area contributed by atoms with Gasteiger partial charge in [0.1, 0.15) is 5.03 Å². The number of carboxylic acid groups (broad SMARTS) is 1. The number of rotatable bonds is 15. The van der Waals surface area contributed by atoms with E-state index in [0.717, 1.165) is 33.4 Å². The van der Waals surface area contributed by atoms with Crippen LogP contribution < -0.4 is 10.8 Å². The summed E-state index contributed by atoms with van der Waals surface area (Å²) in [5, 5.41) is 31.0. The van der Waals surface area contributed by atoms with Crippen LogP contribution in [0.15, 0.2) is 96.2 Å². The van der Waals surface area contributed by atoms with Crippen molar-refractivity contribution in [3.05, 3.63) is 119 Å². The molecule has 0 saturated carbocycles. The van der Waals surface area contributed by atoms with E-state index < -0.39 is 18.2 Å². The van der Waals surface area contributed by atoms with Crippen molar-refractivity contribution in [2.45, 2.75) is 68.8 Å². The Balaban J connectivity index is 1.25. The number of thioether (sulfide) groups is 1. The van der Waals surface area contributed by atoms with E-state index in [1.54, 1.807) is 17.7 Å². The average molecular weight is 686 g/mol.